The Morgan fingerprint density at radius 3 is 1.14 bits per heavy atom. The third-order valence-corrected chi connectivity index (χ3v) is 7.19. The second-order valence-corrected chi connectivity index (χ2v) is 14.9. The summed E-state index contributed by atoms with van der Waals surface area (Å²) in [6.45, 7) is 26.3. The highest BCUT2D eigenvalue weighted by Crippen LogP contribution is 2.39. The Balaban J connectivity index is 2.17. The topological polar surface area (TPSA) is 89.9 Å². The van der Waals surface area contributed by atoms with Gasteiger partial charge in [-0.2, -0.15) is 0 Å². The second-order valence-electron chi connectivity index (χ2n) is 14.1. The van der Waals surface area contributed by atoms with Crippen molar-refractivity contribution in [1.82, 2.24) is 0 Å². The molecule has 0 atom stereocenters. The van der Waals surface area contributed by atoms with Gasteiger partial charge >= 0.3 is 15.7 Å². The van der Waals surface area contributed by atoms with Crippen molar-refractivity contribution in [2.45, 2.75) is 118 Å². The summed E-state index contributed by atoms with van der Waals surface area (Å²) in [6, 6.07) is 8.27. The van der Waals surface area contributed by atoms with Gasteiger partial charge in [-0.3, -0.25) is 8.20 Å². The van der Waals surface area contributed by atoms with Crippen LogP contribution < -0.4 is 0 Å². The number of aromatic hydroxyl groups is 2. The highest BCUT2D eigenvalue weighted by atomic mass is 27.1. The molecule has 6 nitrogen and oxygen atoms in total. The third kappa shape index (κ3) is 8.38. The highest BCUT2D eigenvalue weighted by Gasteiger charge is 2.26. The lowest BCUT2D eigenvalue weighted by molar-refractivity contribution is 0.437. The van der Waals surface area contributed by atoms with Gasteiger partial charge in [0.2, 0.25) is 0 Å². The predicted octanol–water partition coefficient (Wildman–Crippen LogP) is 8.16. The van der Waals surface area contributed by atoms with E-state index < -0.39 is 15.7 Å². The van der Waals surface area contributed by atoms with Crippen LogP contribution in [-0.2, 0) is 34.7 Å². The van der Waals surface area contributed by atoms with E-state index in [1.54, 1.807) is 0 Å². The van der Waals surface area contributed by atoms with E-state index in [1.807, 2.05) is 12.1 Å². The van der Waals surface area contributed by atoms with Crippen LogP contribution in [0.2, 0.25) is 0 Å². The highest BCUT2D eigenvalue weighted by molar-refractivity contribution is 6.29. The van der Waals surface area contributed by atoms with E-state index >= 15 is 0 Å². The average Bonchev–Trinajstić information content (AvgIpc) is 2.71. The largest absolute Gasteiger partial charge is 0.633 e. The van der Waals surface area contributed by atoms with Crippen molar-refractivity contribution >= 4 is 15.7 Å². The van der Waals surface area contributed by atoms with Crippen LogP contribution in [0.4, 0.5) is 0 Å². The molecule has 0 aliphatic heterocycles. The molecule has 0 radical (unpaired) electrons. The minimum Gasteiger partial charge on any atom is -0.507 e. The van der Waals surface area contributed by atoms with Gasteiger partial charge in [-0.15, -0.1) is 0 Å². The molecule has 2 aromatic rings. The maximum Gasteiger partial charge on any atom is 0.633 e. The lowest BCUT2D eigenvalue weighted by atomic mass is 9.79. The molecule has 202 valence electrons. The molecule has 2 N–H and O–H groups in total. The lowest BCUT2D eigenvalue weighted by Crippen LogP contribution is -2.17. The molecule has 0 fully saturated rings. The van der Waals surface area contributed by atoms with Gasteiger partial charge in [-0.05, 0) is 56.0 Å². The predicted molar refractivity (Wildman–Crippen MR) is 155 cm³/mol. The van der Waals surface area contributed by atoms with E-state index in [4.69, 9.17) is 0 Å². The summed E-state index contributed by atoms with van der Waals surface area (Å²) < 4.78 is 8.58. The SMILES string of the molecule is CC(C)(C)c1cc(C/N=[N]/[AlH]/[N]=N/Cc2cc(C(C)(C)C)cc(C(C)(C)C)c2O)c(O)c(C(C)(C)C)c1. The summed E-state index contributed by atoms with van der Waals surface area (Å²) in [5.41, 5.74) is 5.33. The van der Waals surface area contributed by atoms with Crippen LogP contribution in [0, 0.1) is 0 Å². The minimum atomic E-state index is -1.24. The number of phenols is 2. The van der Waals surface area contributed by atoms with Gasteiger partial charge < -0.3 is 10.2 Å². The summed E-state index contributed by atoms with van der Waals surface area (Å²) >= 11 is -1.24. The summed E-state index contributed by atoms with van der Waals surface area (Å²) in [5.74, 6) is 0.596. The molecule has 0 aliphatic rings. The number of phenolic OH excluding ortho intramolecular Hbond substituents is 2. The first-order valence-electron chi connectivity index (χ1n) is 13.1. The maximum atomic E-state index is 10.9. The van der Waals surface area contributed by atoms with Crippen LogP contribution in [-0.4, -0.2) is 25.9 Å². The number of nitrogens with zero attached hydrogens (tertiary/aromatic N) is 4. The van der Waals surface area contributed by atoms with Crippen LogP contribution >= 0.6 is 0 Å². The summed E-state index contributed by atoms with van der Waals surface area (Å²) in [4.78, 5) is 0. The Kier molecular flexibility index (Phi) is 9.43. The Morgan fingerprint density at radius 1 is 0.541 bits per heavy atom. The summed E-state index contributed by atoms with van der Waals surface area (Å²) in [7, 11) is 0. The maximum absolute atomic E-state index is 10.9. The van der Waals surface area contributed by atoms with Gasteiger partial charge in [0.05, 0.1) is 13.1 Å². The standard InChI is InChI=1S/2C15H23N2O.Al.H/c2*1-14(2,3)11-7-10(9-17-16)13(18)12(8-11)15(4,5)6;;/h2*7-8,18H,9H2,1-6H3;;/q2*-1;+2;. The van der Waals surface area contributed by atoms with Crippen molar-refractivity contribution in [3.05, 3.63) is 57.6 Å². The zero-order valence-corrected chi connectivity index (χ0v) is 26.5. The van der Waals surface area contributed by atoms with Crippen molar-refractivity contribution in [3.63, 3.8) is 0 Å². The van der Waals surface area contributed by atoms with Crippen LogP contribution in [0.25, 0.3) is 0 Å². The molecule has 2 aromatic carbocycles. The molecule has 0 aromatic heterocycles. The average molecular weight is 523 g/mol. The Bertz CT molecular complexity index is 1070. The van der Waals surface area contributed by atoms with Crippen LogP contribution in [0.3, 0.4) is 0 Å². The first kappa shape index (κ1) is 31.0. The van der Waals surface area contributed by atoms with E-state index in [0.29, 0.717) is 24.6 Å². The van der Waals surface area contributed by atoms with E-state index in [1.165, 1.54) is 11.1 Å². The molecule has 0 aliphatic carbocycles. The molecule has 0 amide bonds. The zero-order chi connectivity index (χ0) is 28.4. The number of benzene rings is 2. The van der Waals surface area contributed by atoms with Gasteiger partial charge in [0.15, 0.2) is 0 Å². The van der Waals surface area contributed by atoms with Crippen molar-refractivity contribution in [2.75, 3.05) is 0 Å². The van der Waals surface area contributed by atoms with Crippen molar-refractivity contribution < 1.29 is 10.2 Å². The molecular formula is C30H47AlN4O2. The quantitative estimate of drug-likeness (QED) is 0.296. The summed E-state index contributed by atoms with van der Waals surface area (Å²) in [5, 5.41) is 30.5. The molecule has 0 spiro atoms. The molecule has 0 saturated heterocycles. The Morgan fingerprint density at radius 2 is 0.865 bits per heavy atom. The molecule has 0 bridgehead atoms. The Hall–Kier alpha value is -2.23. The Labute approximate surface area is 230 Å². The van der Waals surface area contributed by atoms with Gasteiger partial charge in [0.1, 0.15) is 11.5 Å². The number of hydrogen-bond donors (Lipinski definition) is 2. The smallest absolute Gasteiger partial charge is 0.507 e. The van der Waals surface area contributed by atoms with Crippen LogP contribution in [0.15, 0.2) is 42.7 Å². The molecular weight excluding hydrogens is 475 g/mol. The zero-order valence-electron chi connectivity index (χ0n) is 25.1. The normalized spacial score (nSPS) is 13.6. The van der Waals surface area contributed by atoms with Gasteiger partial charge in [0.25, 0.3) is 0 Å². The fourth-order valence-electron chi connectivity index (χ4n) is 4.01. The van der Waals surface area contributed by atoms with Gasteiger partial charge in [0, 0.05) is 11.1 Å². The monoisotopic (exact) mass is 522 g/mol. The molecule has 37 heavy (non-hydrogen) atoms. The molecule has 2 rings (SSSR count). The third-order valence-electron chi connectivity index (χ3n) is 6.53. The molecule has 7 heteroatoms. The van der Waals surface area contributed by atoms with Gasteiger partial charge in [-0.1, -0.05) is 95.2 Å². The number of hydrogen-bond acceptors (Lipinski definition) is 6. The van der Waals surface area contributed by atoms with E-state index in [-0.39, 0.29) is 21.7 Å². The molecule has 0 unspecified atom stereocenters. The number of rotatable bonds is 6. The lowest BCUT2D eigenvalue weighted by Gasteiger charge is -2.27. The fraction of sp³-hybridized carbons (Fsp3) is 0.600. The molecule has 0 heterocycles. The first-order valence-corrected chi connectivity index (χ1v) is 14.4. The molecule has 0 saturated carbocycles. The van der Waals surface area contributed by atoms with Crippen LogP contribution in [0.5, 0.6) is 11.5 Å². The van der Waals surface area contributed by atoms with E-state index in [0.717, 1.165) is 22.3 Å². The minimum absolute atomic E-state index is 0.0364. The van der Waals surface area contributed by atoms with Gasteiger partial charge in [-0.25, -0.2) is 10.2 Å². The van der Waals surface area contributed by atoms with Crippen molar-refractivity contribution in [3.8, 4) is 11.5 Å². The first-order chi connectivity index (χ1) is 16.7. The van der Waals surface area contributed by atoms with Crippen molar-refractivity contribution in [1.29, 1.82) is 0 Å². The summed E-state index contributed by atoms with van der Waals surface area (Å²) in [6.07, 6.45) is 0. The fourth-order valence-corrected chi connectivity index (χ4v) is 4.45. The van der Waals surface area contributed by atoms with E-state index in [2.05, 4.69) is 114 Å². The van der Waals surface area contributed by atoms with Crippen molar-refractivity contribution in [2.24, 2.45) is 18.4 Å². The van der Waals surface area contributed by atoms with E-state index in [9.17, 15) is 10.2 Å². The second kappa shape index (κ2) is 11.3. The van der Waals surface area contributed by atoms with Crippen LogP contribution in [0.1, 0.15) is 116 Å².